The highest BCUT2D eigenvalue weighted by atomic mass is 32.1. The maximum atomic E-state index is 12.1. The Morgan fingerprint density at radius 1 is 1.40 bits per heavy atom. The van der Waals surface area contributed by atoms with Crippen LogP contribution in [0.15, 0.2) is 36.0 Å². The fourth-order valence-corrected chi connectivity index (χ4v) is 2.39. The molecule has 6 heteroatoms. The number of carbonyl (C=O) groups excluding carboxylic acids is 1. The van der Waals surface area contributed by atoms with Gasteiger partial charge in [-0.3, -0.25) is 9.78 Å². The van der Waals surface area contributed by atoms with Crippen LogP contribution < -0.4 is 5.32 Å². The highest BCUT2D eigenvalue weighted by Crippen LogP contribution is 2.20. The summed E-state index contributed by atoms with van der Waals surface area (Å²) < 4.78 is 0. The fraction of sp³-hybridized carbons (Fsp3) is 0.0714. The Morgan fingerprint density at radius 3 is 2.90 bits per heavy atom. The third-order valence-electron chi connectivity index (χ3n) is 2.44. The molecule has 0 aliphatic heterocycles. The number of nitrogens with one attached hydrogen (secondary N) is 1. The number of anilines is 1. The first-order valence-corrected chi connectivity index (χ1v) is 6.66. The predicted molar refractivity (Wildman–Crippen MR) is 77.9 cm³/mol. The number of aromatic nitrogens is 1. The van der Waals surface area contributed by atoms with Crippen molar-refractivity contribution in [3.8, 4) is 0 Å². The van der Waals surface area contributed by atoms with E-state index in [0.717, 1.165) is 11.6 Å². The van der Waals surface area contributed by atoms with Crippen LogP contribution in [0.5, 0.6) is 0 Å². The monoisotopic (exact) mass is 288 g/mol. The van der Waals surface area contributed by atoms with Crippen molar-refractivity contribution < 1.29 is 14.7 Å². The molecule has 0 spiro atoms. The number of aliphatic carboxylic acids is 1. The number of pyridine rings is 1. The summed E-state index contributed by atoms with van der Waals surface area (Å²) >= 11 is 1.26. The van der Waals surface area contributed by atoms with E-state index in [9.17, 15) is 9.59 Å². The molecule has 2 aromatic heterocycles. The molecule has 2 aromatic rings. The molecule has 20 heavy (non-hydrogen) atoms. The molecule has 0 saturated heterocycles. The minimum atomic E-state index is -1.05. The molecule has 0 aliphatic carbocycles. The van der Waals surface area contributed by atoms with Gasteiger partial charge in [0.15, 0.2) is 0 Å². The van der Waals surface area contributed by atoms with Crippen molar-refractivity contribution in [2.75, 3.05) is 5.32 Å². The summed E-state index contributed by atoms with van der Waals surface area (Å²) in [6.07, 6.45) is 5.67. The lowest BCUT2D eigenvalue weighted by atomic mass is 10.2. The molecule has 0 unspecified atom stereocenters. The van der Waals surface area contributed by atoms with Gasteiger partial charge in [-0.2, -0.15) is 0 Å². The van der Waals surface area contributed by atoms with Gasteiger partial charge in [-0.15, -0.1) is 11.3 Å². The Balaban J connectivity index is 2.18. The minimum Gasteiger partial charge on any atom is -0.478 e. The van der Waals surface area contributed by atoms with Gasteiger partial charge in [-0.25, -0.2) is 4.79 Å². The molecule has 5 nitrogen and oxygen atoms in total. The van der Waals surface area contributed by atoms with Crippen LogP contribution in [-0.2, 0) is 4.79 Å². The zero-order valence-corrected chi connectivity index (χ0v) is 11.5. The number of thiophene rings is 1. The van der Waals surface area contributed by atoms with Gasteiger partial charge in [-0.1, -0.05) is 0 Å². The van der Waals surface area contributed by atoms with Gasteiger partial charge < -0.3 is 10.4 Å². The average Bonchev–Trinajstić information content (AvgIpc) is 2.84. The summed E-state index contributed by atoms with van der Waals surface area (Å²) in [5.41, 5.74) is 2.13. The zero-order chi connectivity index (χ0) is 14.5. The molecular weight excluding hydrogens is 276 g/mol. The zero-order valence-electron chi connectivity index (χ0n) is 10.7. The smallest absolute Gasteiger partial charge is 0.328 e. The topological polar surface area (TPSA) is 79.3 Å². The van der Waals surface area contributed by atoms with E-state index in [1.165, 1.54) is 17.4 Å². The Morgan fingerprint density at radius 2 is 2.20 bits per heavy atom. The van der Waals surface area contributed by atoms with Gasteiger partial charge in [0.2, 0.25) is 0 Å². The third kappa shape index (κ3) is 3.52. The largest absolute Gasteiger partial charge is 0.478 e. The number of rotatable bonds is 4. The molecule has 1 amide bonds. The van der Waals surface area contributed by atoms with Crippen LogP contribution >= 0.6 is 11.3 Å². The van der Waals surface area contributed by atoms with E-state index < -0.39 is 5.97 Å². The van der Waals surface area contributed by atoms with Crippen molar-refractivity contribution in [3.05, 3.63) is 52.0 Å². The lowest BCUT2D eigenvalue weighted by Gasteiger charge is -2.04. The quantitative estimate of drug-likeness (QED) is 0.848. The van der Waals surface area contributed by atoms with Crippen molar-refractivity contribution >= 4 is 35.0 Å². The van der Waals surface area contributed by atoms with Crippen molar-refractivity contribution in [2.45, 2.75) is 6.92 Å². The van der Waals surface area contributed by atoms with Gasteiger partial charge >= 0.3 is 5.97 Å². The van der Waals surface area contributed by atoms with Gasteiger partial charge in [0, 0.05) is 12.3 Å². The van der Waals surface area contributed by atoms with Gasteiger partial charge in [0.25, 0.3) is 5.91 Å². The van der Waals surface area contributed by atoms with Crippen LogP contribution in [0.3, 0.4) is 0 Å². The van der Waals surface area contributed by atoms with E-state index >= 15 is 0 Å². The Kier molecular flexibility index (Phi) is 4.27. The standard InChI is InChI=1S/C14H12N2O3S/c1-9-6-11(8-15-7-9)16-14(19)13-10(4-5-20-13)2-3-12(17)18/h2-8H,1H3,(H,16,19)(H,17,18)/b3-2+. The second-order valence-corrected chi connectivity index (χ2v) is 5.00. The first-order chi connectivity index (χ1) is 9.56. The van der Waals surface area contributed by atoms with Crippen molar-refractivity contribution in [2.24, 2.45) is 0 Å². The van der Waals surface area contributed by atoms with Gasteiger partial charge in [0.1, 0.15) is 0 Å². The van der Waals surface area contributed by atoms with E-state index in [1.54, 1.807) is 23.8 Å². The summed E-state index contributed by atoms with van der Waals surface area (Å²) in [4.78, 5) is 27.1. The first-order valence-electron chi connectivity index (χ1n) is 5.78. The second kappa shape index (κ2) is 6.12. The molecule has 0 radical (unpaired) electrons. The average molecular weight is 288 g/mol. The highest BCUT2D eigenvalue weighted by Gasteiger charge is 2.12. The number of amides is 1. The number of hydrogen-bond donors (Lipinski definition) is 2. The van der Waals surface area contributed by atoms with Crippen molar-refractivity contribution in [1.29, 1.82) is 0 Å². The van der Waals surface area contributed by atoms with Crippen LogP contribution in [0.25, 0.3) is 6.08 Å². The van der Waals surface area contributed by atoms with E-state index in [2.05, 4.69) is 10.3 Å². The number of hydrogen-bond acceptors (Lipinski definition) is 4. The molecule has 0 atom stereocenters. The van der Waals surface area contributed by atoms with Crippen LogP contribution in [0.4, 0.5) is 5.69 Å². The predicted octanol–water partition coefficient (Wildman–Crippen LogP) is 2.80. The summed E-state index contributed by atoms with van der Waals surface area (Å²) in [5, 5.41) is 13.1. The minimum absolute atomic E-state index is 0.280. The van der Waals surface area contributed by atoms with E-state index in [0.29, 0.717) is 16.1 Å². The maximum Gasteiger partial charge on any atom is 0.328 e. The van der Waals surface area contributed by atoms with Crippen LogP contribution in [0.2, 0.25) is 0 Å². The normalized spacial score (nSPS) is 10.7. The number of carbonyl (C=O) groups is 2. The molecule has 2 rings (SSSR count). The van der Waals surface area contributed by atoms with E-state index in [4.69, 9.17) is 5.11 Å². The molecule has 0 aliphatic rings. The number of carboxylic acids is 1. The van der Waals surface area contributed by atoms with Gasteiger partial charge in [-0.05, 0) is 41.6 Å². The van der Waals surface area contributed by atoms with Crippen molar-refractivity contribution in [3.63, 3.8) is 0 Å². The van der Waals surface area contributed by atoms with Crippen molar-refractivity contribution in [1.82, 2.24) is 4.98 Å². The summed E-state index contributed by atoms with van der Waals surface area (Å²) in [6, 6.07) is 3.51. The van der Waals surface area contributed by atoms with Crippen LogP contribution in [0.1, 0.15) is 20.8 Å². The lowest BCUT2D eigenvalue weighted by Crippen LogP contribution is -2.11. The molecule has 102 valence electrons. The van der Waals surface area contributed by atoms with Gasteiger partial charge in [0.05, 0.1) is 16.8 Å². The van der Waals surface area contributed by atoms with E-state index in [1.807, 2.05) is 13.0 Å². The fourth-order valence-electron chi connectivity index (χ4n) is 1.61. The molecule has 0 saturated carbocycles. The Bertz CT molecular complexity index is 677. The lowest BCUT2D eigenvalue weighted by molar-refractivity contribution is -0.131. The molecule has 2 heterocycles. The molecule has 0 fully saturated rings. The molecule has 0 aromatic carbocycles. The van der Waals surface area contributed by atoms with E-state index in [-0.39, 0.29) is 5.91 Å². The molecule has 2 N–H and O–H groups in total. The van der Waals surface area contributed by atoms with Crippen LogP contribution in [0, 0.1) is 6.92 Å². The maximum absolute atomic E-state index is 12.1. The summed E-state index contributed by atoms with van der Waals surface area (Å²) in [6.45, 7) is 1.88. The Labute approximate surface area is 119 Å². The molecular formula is C14H12N2O3S. The van der Waals surface area contributed by atoms with Crippen LogP contribution in [-0.4, -0.2) is 22.0 Å². The Hall–Kier alpha value is -2.47. The summed E-state index contributed by atoms with van der Waals surface area (Å²) in [5.74, 6) is -1.33. The highest BCUT2D eigenvalue weighted by molar-refractivity contribution is 7.12. The number of nitrogens with zero attached hydrogens (tertiary/aromatic N) is 1. The number of carboxylic acid groups (broad SMARTS) is 1. The summed E-state index contributed by atoms with van der Waals surface area (Å²) in [7, 11) is 0. The molecule has 0 bridgehead atoms. The second-order valence-electron chi connectivity index (χ2n) is 4.08. The third-order valence-corrected chi connectivity index (χ3v) is 3.37. The first kappa shape index (κ1) is 14.0. The SMILES string of the molecule is Cc1cncc(NC(=O)c2sccc2/C=C/C(=O)O)c1. The number of aryl methyl sites for hydroxylation is 1.